The summed E-state index contributed by atoms with van der Waals surface area (Å²) in [7, 11) is 0. The molecule has 1 aromatic rings. The maximum atomic E-state index is 8.75. The standard InChI is InChI=1S/C9H15NO/c1-7(2)5-8-3-4-9(6-11)10-8/h3-4,7,10-11H,5-6H2,1-2H3. The Morgan fingerprint density at radius 2 is 2.00 bits per heavy atom. The first-order valence-corrected chi connectivity index (χ1v) is 4.00. The molecular weight excluding hydrogens is 138 g/mol. The lowest BCUT2D eigenvalue weighted by Crippen LogP contribution is -1.94. The fraction of sp³-hybridized carbons (Fsp3) is 0.556. The van der Waals surface area contributed by atoms with E-state index in [2.05, 4.69) is 18.8 Å². The number of H-pyrrole nitrogens is 1. The van der Waals surface area contributed by atoms with Crippen LogP contribution in [0.25, 0.3) is 0 Å². The van der Waals surface area contributed by atoms with Gasteiger partial charge in [-0.15, -0.1) is 0 Å². The van der Waals surface area contributed by atoms with Crippen molar-refractivity contribution in [1.82, 2.24) is 4.98 Å². The molecular formula is C9H15NO. The third kappa shape index (κ3) is 2.39. The molecule has 0 saturated carbocycles. The van der Waals surface area contributed by atoms with Crippen LogP contribution in [0, 0.1) is 5.92 Å². The van der Waals surface area contributed by atoms with Gasteiger partial charge in [0.15, 0.2) is 0 Å². The largest absolute Gasteiger partial charge is 0.390 e. The molecule has 11 heavy (non-hydrogen) atoms. The fourth-order valence-corrected chi connectivity index (χ4v) is 1.14. The Bertz CT molecular complexity index is 215. The second-order valence-electron chi connectivity index (χ2n) is 3.26. The molecule has 0 spiro atoms. The molecule has 0 atom stereocenters. The van der Waals surface area contributed by atoms with Gasteiger partial charge in [-0.2, -0.15) is 0 Å². The van der Waals surface area contributed by atoms with E-state index in [0.717, 1.165) is 12.1 Å². The second kappa shape index (κ2) is 3.58. The monoisotopic (exact) mass is 153 g/mol. The SMILES string of the molecule is CC(C)Cc1ccc(CO)[nH]1. The number of nitrogens with one attached hydrogen (secondary N) is 1. The first-order chi connectivity index (χ1) is 5.22. The minimum atomic E-state index is 0.109. The number of rotatable bonds is 3. The van der Waals surface area contributed by atoms with E-state index in [1.54, 1.807) is 0 Å². The van der Waals surface area contributed by atoms with E-state index in [4.69, 9.17) is 5.11 Å². The van der Waals surface area contributed by atoms with Gasteiger partial charge in [0.2, 0.25) is 0 Å². The molecule has 0 unspecified atom stereocenters. The van der Waals surface area contributed by atoms with Crippen LogP contribution >= 0.6 is 0 Å². The van der Waals surface area contributed by atoms with Gasteiger partial charge in [-0.3, -0.25) is 0 Å². The number of aromatic amines is 1. The topological polar surface area (TPSA) is 36.0 Å². The van der Waals surface area contributed by atoms with E-state index in [-0.39, 0.29) is 6.61 Å². The Morgan fingerprint density at radius 1 is 1.36 bits per heavy atom. The fourth-order valence-electron chi connectivity index (χ4n) is 1.14. The molecule has 0 aliphatic heterocycles. The lowest BCUT2D eigenvalue weighted by Gasteiger charge is -2.00. The lowest BCUT2D eigenvalue weighted by atomic mass is 10.1. The van der Waals surface area contributed by atoms with E-state index in [1.807, 2.05) is 12.1 Å². The first-order valence-electron chi connectivity index (χ1n) is 4.00. The third-order valence-electron chi connectivity index (χ3n) is 1.61. The highest BCUT2D eigenvalue weighted by atomic mass is 16.3. The molecule has 0 radical (unpaired) electrons. The van der Waals surface area contributed by atoms with Crippen molar-refractivity contribution >= 4 is 0 Å². The van der Waals surface area contributed by atoms with Crippen molar-refractivity contribution in [3.63, 3.8) is 0 Å². The summed E-state index contributed by atoms with van der Waals surface area (Å²) < 4.78 is 0. The predicted octanol–water partition coefficient (Wildman–Crippen LogP) is 1.71. The smallest absolute Gasteiger partial charge is 0.0830 e. The molecule has 0 fully saturated rings. The van der Waals surface area contributed by atoms with Crippen LogP contribution in [0.4, 0.5) is 0 Å². The van der Waals surface area contributed by atoms with Crippen LogP contribution in [0.1, 0.15) is 25.2 Å². The summed E-state index contributed by atoms with van der Waals surface area (Å²) in [5.41, 5.74) is 2.12. The molecule has 0 aliphatic carbocycles. The molecule has 0 aliphatic rings. The van der Waals surface area contributed by atoms with Gasteiger partial charge in [-0.1, -0.05) is 13.8 Å². The van der Waals surface area contributed by atoms with Crippen molar-refractivity contribution in [2.24, 2.45) is 5.92 Å². The van der Waals surface area contributed by atoms with Gasteiger partial charge in [-0.05, 0) is 24.5 Å². The van der Waals surface area contributed by atoms with Crippen molar-refractivity contribution in [2.75, 3.05) is 0 Å². The molecule has 0 amide bonds. The van der Waals surface area contributed by atoms with Gasteiger partial charge in [0.1, 0.15) is 0 Å². The highest BCUT2D eigenvalue weighted by Gasteiger charge is 1.99. The van der Waals surface area contributed by atoms with Crippen LogP contribution in [-0.4, -0.2) is 10.1 Å². The van der Waals surface area contributed by atoms with Crippen LogP contribution in [0.3, 0.4) is 0 Å². The predicted molar refractivity (Wildman–Crippen MR) is 45.3 cm³/mol. The van der Waals surface area contributed by atoms with Crippen molar-refractivity contribution in [3.05, 3.63) is 23.5 Å². The van der Waals surface area contributed by atoms with Crippen LogP contribution in [-0.2, 0) is 13.0 Å². The Kier molecular flexibility index (Phi) is 2.71. The maximum Gasteiger partial charge on any atom is 0.0830 e. The van der Waals surface area contributed by atoms with E-state index in [1.165, 1.54) is 5.69 Å². The number of aliphatic hydroxyl groups is 1. The third-order valence-corrected chi connectivity index (χ3v) is 1.61. The molecule has 2 nitrogen and oxygen atoms in total. The van der Waals surface area contributed by atoms with Crippen LogP contribution in [0.15, 0.2) is 12.1 Å². The molecule has 0 aromatic carbocycles. The Balaban J connectivity index is 2.58. The second-order valence-corrected chi connectivity index (χ2v) is 3.26. The van der Waals surface area contributed by atoms with Gasteiger partial charge in [0.25, 0.3) is 0 Å². The number of aromatic nitrogens is 1. The van der Waals surface area contributed by atoms with E-state index < -0.39 is 0 Å². The summed E-state index contributed by atoms with van der Waals surface area (Å²) in [5, 5.41) is 8.75. The molecule has 1 rings (SSSR count). The molecule has 2 N–H and O–H groups in total. The average Bonchev–Trinajstić information content (AvgIpc) is 2.34. The minimum absolute atomic E-state index is 0.109. The first kappa shape index (κ1) is 8.34. The minimum Gasteiger partial charge on any atom is -0.390 e. The summed E-state index contributed by atoms with van der Waals surface area (Å²) in [6.45, 7) is 4.47. The van der Waals surface area contributed by atoms with Crippen molar-refractivity contribution in [2.45, 2.75) is 26.9 Å². The molecule has 2 heteroatoms. The molecule has 0 bridgehead atoms. The average molecular weight is 153 g/mol. The van der Waals surface area contributed by atoms with Crippen molar-refractivity contribution in [3.8, 4) is 0 Å². The van der Waals surface area contributed by atoms with Gasteiger partial charge < -0.3 is 10.1 Å². The van der Waals surface area contributed by atoms with E-state index in [9.17, 15) is 0 Å². The summed E-state index contributed by atoms with van der Waals surface area (Å²) in [6, 6.07) is 3.96. The van der Waals surface area contributed by atoms with Gasteiger partial charge in [-0.25, -0.2) is 0 Å². The highest BCUT2D eigenvalue weighted by molar-refractivity contribution is 5.12. The Labute approximate surface area is 67.3 Å². The molecule has 62 valence electrons. The summed E-state index contributed by atoms with van der Waals surface area (Å²) in [5.74, 6) is 0.667. The molecule has 1 heterocycles. The molecule has 0 saturated heterocycles. The zero-order valence-corrected chi connectivity index (χ0v) is 7.09. The number of aliphatic hydroxyl groups excluding tert-OH is 1. The lowest BCUT2D eigenvalue weighted by molar-refractivity contribution is 0.277. The van der Waals surface area contributed by atoms with E-state index >= 15 is 0 Å². The number of hydrogen-bond acceptors (Lipinski definition) is 1. The van der Waals surface area contributed by atoms with Crippen molar-refractivity contribution < 1.29 is 5.11 Å². The summed E-state index contributed by atoms with van der Waals surface area (Å²) in [6.07, 6.45) is 1.06. The van der Waals surface area contributed by atoms with Crippen LogP contribution < -0.4 is 0 Å². The van der Waals surface area contributed by atoms with Crippen molar-refractivity contribution in [1.29, 1.82) is 0 Å². The van der Waals surface area contributed by atoms with Crippen LogP contribution in [0.5, 0.6) is 0 Å². The van der Waals surface area contributed by atoms with Gasteiger partial charge >= 0.3 is 0 Å². The zero-order valence-electron chi connectivity index (χ0n) is 7.09. The van der Waals surface area contributed by atoms with Gasteiger partial charge in [0, 0.05) is 11.4 Å². The van der Waals surface area contributed by atoms with E-state index in [0.29, 0.717) is 5.92 Å². The summed E-state index contributed by atoms with van der Waals surface area (Å²) in [4.78, 5) is 3.14. The zero-order chi connectivity index (χ0) is 8.27. The Morgan fingerprint density at radius 3 is 2.45 bits per heavy atom. The summed E-state index contributed by atoms with van der Waals surface area (Å²) >= 11 is 0. The number of hydrogen-bond donors (Lipinski definition) is 2. The maximum absolute atomic E-state index is 8.75. The van der Waals surface area contributed by atoms with Crippen LogP contribution in [0.2, 0.25) is 0 Å². The quantitative estimate of drug-likeness (QED) is 0.681. The highest BCUT2D eigenvalue weighted by Crippen LogP contribution is 2.07. The molecule has 1 aromatic heterocycles. The normalized spacial score (nSPS) is 10.9. The Hall–Kier alpha value is -0.760. The van der Waals surface area contributed by atoms with Gasteiger partial charge in [0.05, 0.1) is 6.61 Å².